The van der Waals surface area contributed by atoms with Crippen molar-refractivity contribution in [2.24, 2.45) is 0 Å². The smallest absolute Gasteiger partial charge is 0.153 e. The second-order valence-electron chi connectivity index (χ2n) is 7.64. The van der Waals surface area contributed by atoms with Gasteiger partial charge in [0.05, 0.1) is 6.04 Å². The van der Waals surface area contributed by atoms with Crippen LogP contribution in [0, 0.1) is 0 Å². The SMILES string of the molecule is C=CC[C@@H]1CCC[C@@H]2Oc3ccc4ccccc4c3[C@@H](c3ccccc3)N12. The lowest BCUT2D eigenvalue weighted by Crippen LogP contribution is -2.53. The third-order valence-corrected chi connectivity index (χ3v) is 6.06. The summed E-state index contributed by atoms with van der Waals surface area (Å²) in [6.07, 6.45) is 6.71. The molecule has 2 aliphatic rings. The van der Waals surface area contributed by atoms with Gasteiger partial charge >= 0.3 is 0 Å². The monoisotopic (exact) mass is 355 g/mol. The fraction of sp³-hybridized carbons (Fsp3) is 0.280. The topological polar surface area (TPSA) is 12.5 Å². The van der Waals surface area contributed by atoms with Gasteiger partial charge < -0.3 is 4.74 Å². The van der Waals surface area contributed by atoms with Gasteiger partial charge in [-0.2, -0.15) is 0 Å². The van der Waals surface area contributed by atoms with E-state index in [-0.39, 0.29) is 12.3 Å². The highest BCUT2D eigenvalue weighted by Crippen LogP contribution is 2.48. The number of piperidine rings is 1. The number of hydrogen-bond donors (Lipinski definition) is 0. The van der Waals surface area contributed by atoms with Crippen LogP contribution >= 0.6 is 0 Å². The van der Waals surface area contributed by atoms with Crippen molar-refractivity contribution in [1.82, 2.24) is 4.90 Å². The molecule has 2 aliphatic heterocycles. The molecule has 5 rings (SSSR count). The summed E-state index contributed by atoms with van der Waals surface area (Å²) in [5.41, 5.74) is 2.66. The first-order chi connectivity index (χ1) is 13.4. The van der Waals surface area contributed by atoms with Crippen LogP contribution < -0.4 is 4.74 Å². The van der Waals surface area contributed by atoms with E-state index in [4.69, 9.17) is 4.74 Å². The minimum Gasteiger partial charge on any atom is -0.475 e. The van der Waals surface area contributed by atoms with E-state index in [0.717, 1.165) is 18.6 Å². The van der Waals surface area contributed by atoms with E-state index in [0.29, 0.717) is 6.04 Å². The zero-order valence-corrected chi connectivity index (χ0v) is 15.6. The van der Waals surface area contributed by atoms with Crippen molar-refractivity contribution < 1.29 is 4.74 Å². The molecule has 2 heteroatoms. The standard InChI is InChI=1S/C25H25NO/c1-2-9-20-13-8-15-23-26(20)25(19-11-4-3-5-12-19)24-21-14-7-6-10-18(21)16-17-22(24)27-23/h2-7,10-12,14,16-17,20,23,25H,1,8-9,13,15H2/t20-,23+,25-/m1/s1. The Morgan fingerprint density at radius 1 is 0.963 bits per heavy atom. The average Bonchev–Trinajstić information content (AvgIpc) is 2.73. The molecule has 3 atom stereocenters. The van der Waals surface area contributed by atoms with Crippen molar-refractivity contribution >= 4 is 10.8 Å². The maximum absolute atomic E-state index is 6.56. The lowest BCUT2D eigenvalue weighted by Gasteiger charge is -2.50. The Hall–Kier alpha value is -2.58. The number of rotatable bonds is 3. The first-order valence-corrected chi connectivity index (χ1v) is 9.98. The fourth-order valence-corrected chi connectivity index (χ4v) is 4.92. The average molecular weight is 355 g/mol. The summed E-state index contributed by atoms with van der Waals surface area (Å²) in [6.45, 7) is 4.02. The van der Waals surface area contributed by atoms with E-state index in [1.54, 1.807) is 0 Å². The van der Waals surface area contributed by atoms with E-state index in [1.807, 2.05) is 0 Å². The highest BCUT2D eigenvalue weighted by Gasteiger charge is 2.42. The van der Waals surface area contributed by atoms with Gasteiger partial charge in [-0.1, -0.05) is 66.7 Å². The van der Waals surface area contributed by atoms with Crippen molar-refractivity contribution in [2.75, 3.05) is 0 Å². The van der Waals surface area contributed by atoms with Gasteiger partial charge in [-0.05, 0) is 48.1 Å². The van der Waals surface area contributed by atoms with E-state index >= 15 is 0 Å². The minimum atomic E-state index is 0.141. The third kappa shape index (κ3) is 2.76. The van der Waals surface area contributed by atoms with Crippen molar-refractivity contribution in [2.45, 2.75) is 44.0 Å². The van der Waals surface area contributed by atoms with Gasteiger partial charge in [0.1, 0.15) is 5.75 Å². The van der Waals surface area contributed by atoms with E-state index in [2.05, 4.69) is 84.3 Å². The van der Waals surface area contributed by atoms with Gasteiger partial charge in [-0.3, -0.25) is 4.90 Å². The predicted molar refractivity (Wildman–Crippen MR) is 111 cm³/mol. The van der Waals surface area contributed by atoms with Gasteiger partial charge in [-0.15, -0.1) is 6.58 Å². The lowest BCUT2D eigenvalue weighted by atomic mass is 9.85. The van der Waals surface area contributed by atoms with Crippen LogP contribution in [0.3, 0.4) is 0 Å². The molecule has 0 bridgehead atoms. The van der Waals surface area contributed by atoms with Crippen molar-refractivity contribution in [3.05, 3.63) is 90.5 Å². The molecule has 3 aromatic rings. The molecule has 2 heterocycles. The largest absolute Gasteiger partial charge is 0.475 e. The molecule has 0 radical (unpaired) electrons. The van der Waals surface area contributed by atoms with E-state index in [1.165, 1.54) is 34.7 Å². The van der Waals surface area contributed by atoms with Gasteiger partial charge in [-0.25, -0.2) is 0 Å². The number of fused-ring (bicyclic) bond motifs is 4. The quantitative estimate of drug-likeness (QED) is 0.528. The summed E-state index contributed by atoms with van der Waals surface area (Å²) in [6, 6.07) is 24.6. The van der Waals surface area contributed by atoms with Crippen LogP contribution in [-0.4, -0.2) is 17.2 Å². The molecular weight excluding hydrogens is 330 g/mol. The van der Waals surface area contributed by atoms with E-state index < -0.39 is 0 Å². The molecule has 136 valence electrons. The minimum absolute atomic E-state index is 0.141. The second kappa shape index (κ2) is 6.86. The van der Waals surface area contributed by atoms with Gasteiger partial charge in [0.2, 0.25) is 0 Å². The van der Waals surface area contributed by atoms with Crippen LogP contribution in [0.1, 0.15) is 42.9 Å². The number of ether oxygens (including phenoxy) is 1. The molecule has 27 heavy (non-hydrogen) atoms. The molecule has 0 unspecified atom stereocenters. The Labute approximate surface area is 161 Å². The Morgan fingerprint density at radius 2 is 1.78 bits per heavy atom. The summed E-state index contributed by atoms with van der Waals surface area (Å²) >= 11 is 0. The fourth-order valence-electron chi connectivity index (χ4n) is 4.92. The molecular formula is C25H25NO. The van der Waals surface area contributed by atoms with Crippen LogP contribution in [-0.2, 0) is 0 Å². The van der Waals surface area contributed by atoms with Gasteiger partial charge in [0.15, 0.2) is 6.23 Å². The molecule has 0 aliphatic carbocycles. The Balaban J connectivity index is 1.76. The second-order valence-corrected chi connectivity index (χ2v) is 7.64. The normalized spacial score (nSPS) is 24.7. The van der Waals surface area contributed by atoms with Gasteiger partial charge in [0.25, 0.3) is 0 Å². The van der Waals surface area contributed by atoms with Crippen LogP contribution in [0.2, 0.25) is 0 Å². The number of benzene rings is 3. The molecule has 0 spiro atoms. The Morgan fingerprint density at radius 3 is 2.63 bits per heavy atom. The van der Waals surface area contributed by atoms with E-state index in [9.17, 15) is 0 Å². The highest BCUT2D eigenvalue weighted by molar-refractivity contribution is 5.89. The predicted octanol–water partition coefficient (Wildman–Crippen LogP) is 6.08. The highest BCUT2D eigenvalue weighted by atomic mass is 16.5. The molecule has 3 aromatic carbocycles. The van der Waals surface area contributed by atoms with Crippen LogP contribution in [0.15, 0.2) is 79.4 Å². The maximum atomic E-state index is 6.56. The number of nitrogens with zero attached hydrogens (tertiary/aromatic N) is 1. The van der Waals surface area contributed by atoms with Crippen LogP contribution in [0.5, 0.6) is 5.75 Å². The molecule has 2 nitrogen and oxygen atoms in total. The number of hydrogen-bond acceptors (Lipinski definition) is 2. The van der Waals surface area contributed by atoms with Crippen molar-refractivity contribution in [1.29, 1.82) is 0 Å². The Kier molecular flexibility index (Phi) is 4.21. The first kappa shape index (κ1) is 16.6. The summed E-state index contributed by atoms with van der Waals surface area (Å²) in [5.74, 6) is 1.04. The molecule has 1 saturated heterocycles. The third-order valence-electron chi connectivity index (χ3n) is 6.06. The lowest BCUT2D eigenvalue weighted by molar-refractivity contribution is -0.0736. The van der Waals surface area contributed by atoms with Crippen molar-refractivity contribution in [3.63, 3.8) is 0 Å². The summed E-state index contributed by atoms with van der Waals surface area (Å²) in [4.78, 5) is 2.62. The molecule has 0 saturated carbocycles. The molecule has 0 aromatic heterocycles. The summed E-state index contributed by atoms with van der Waals surface area (Å²) in [5, 5.41) is 2.57. The Bertz CT molecular complexity index is 964. The molecule has 1 fully saturated rings. The van der Waals surface area contributed by atoms with Crippen LogP contribution in [0.25, 0.3) is 10.8 Å². The zero-order chi connectivity index (χ0) is 18.2. The zero-order valence-electron chi connectivity index (χ0n) is 15.6. The molecule has 0 amide bonds. The maximum Gasteiger partial charge on any atom is 0.153 e. The van der Waals surface area contributed by atoms with Crippen molar-refractivity contribution in [3.8, 4) is 5.75 Å². The van der Waals surface area contributed by atoms with Gasteiger partial charge in [0, 0.05) is 11.6 Å². The van der Waals surface area contributed by atoms with Crippen LogP contribution in [0.4, 0.5) is 0 Å². The molecule has 0 N–H and O–H groups in total. The summed E-state index contributed by atoms with van der Waals surface area (Å²) < 4.78 is 6.56. The first-order valence-electron chi connectivity index (χ1n) is 9.98. The summed E-state index contributed by atoms with van der Waals surface area (Å²) in [7, 11) is 0.